The van der Waals surface area contributed by atoms with E-state index in [4.69, 9.17) is 12.2 Å². The lowest BCUT2D eigenvalue weighted by molar-refractivity contribution is 0.0601. The number of carbonyl (C=O) groups is 1. The number of anilines is 1. The maximum atomic E-state index is 11.5. The van der Waals surface area contributed by atoms with Crippen molar-refractivity contribution in [2.24, 2.45) is 5.10 Å². The van der Waals surface area contributed by atoms with Gasteiger partial charge >= 0.3 is 5.97 Å². The van der Waals surface area contributed by atoms with Gasteiger partial charge in [0, 0.05) is 5.69 Å². The lowest BCUT2D eigenvalue weighted by atomic mass is 10.2. The Balaban J connectivity index is 1.92. The van der Waals surface area contributed by atoms with Crippen LogP contribution in [0, 0.1) is 0 Å². The smallest absolute Gasteiger partial charge is 0.337 e. The fourth-order valence-corrected chi connectivity index (χ4v) is 1.88. The van der Waals surface area contributed by atoms with Crippen LogP contribution in [-0.2, 0) is 4.74 Å². The Labute approximate surface area is 134 Å². The lowest BCUT2D eigenvalue weighted by Crippen LogP contribution is -2.24. The van der Waals surface area contributed by atoms with E-state index in [0.29, 0.717) is 16.4 Å². The molecule has 0 aliphatic rings. The number of thiocarbonyl (C=S) groups is 1. The van der Waals surface area contributed by atoms with Gasteiger partial charge in [-0.1, -0.05) is 36.4 Å². The molecular weight excluding hydrogens is 298 g/mol. The molecule has 6 heteroatoms. The second kappa shape index (κ2) is 7.90. The third-order valence-electron chi connectivity index (χ3n) is 2.72. The number of nitrogens with one attached hydrogen (secondary N) is 2. The Morgan fingerprint density at radius 1 is 1.18 bits per heavy atom. The van der Waals surface area contributed by atoms with Crippen LogP contribution in [0.2, 0.25) is 0 Å². The predicted octanol–water partition coefficient (Wildman–Crippen LogP) is 2.79. The first-order chi connectivity index (χ1) is 10.7. The number of methoxy groups -OCH3 is 1. The number of hydrazone groups is 1. The van der Waals surface area contributed by atoms with Gasteiger partial charge in [-0.05, 0) is 36.0 Å². The van der Waals surface area contributed by atoms with Crippen molar-refractivity contribution in [3.63, 3.8) is 0 Å². The van der Waals surface area contributed by atoms with E-state index in [-0.39, 0.29) is 0 Å². The van der Waals surface area contributed by atoms with Crippen molar-refractivity contribution in [3.05, 3.63) is 65.7 Å². The monoisotopic (exact) mass is 313 g/mol. The molecule has 112 valence electrons. The molecule has 0 aromatic heterocycles. The number of benzene rings is 2. The molecule has 0 saturated carbocycles. The molecule has 22 heavy (non-hydrogen) atoms. The second-order valence-electron chi connectivity index (χ2n) is 4.31. The fourth-order valence-electron chi connectivity index (χ4n) is 1.71. The number of carbonyl (C=O) groups excluding carboxylic acids is 1. The van der Waals surface area contributed by atoms with Gasteiger partial charge in [0.15, 0.2) is 5.11 Å². The number of hydrogen-bond acceptors (Lipinski definition) is 4. The molecule has 0 unspecified atom stereocenters. The zero-order chi connectivity index (χ0) is 15.8. The molecule has 2 rings (SSSR count). The quantitative estimate of drug-likeness (QED) is 0.393. The van der Waals surface area contributed by atoms with Gasteiger partial charge in [0.25, 0.3) is 0 Å². The van der Waals surface area contributed by atoms with Crippen molar-refractivity contribution in [2.45, 2.75) is 0 Å². The normalized spacial score (nSPS) is 10.2. The van der Waals surface area contributed by atoms with Crippen LogP contribution in [0.25, 0.3) is 0 Å². The largest absolute Gasteiger partial charge is 0.465 e. The van der Waals surface area contributed by atoms with E-state index in [0.717, 1.165) is 5.56 Å². The third-order valence-corrected chi connectivity index (χ3v) is 2.91. The summed E-state index contributed by atoms with van der Waals surface area (Å²) in [5.74, 6) is -0.398. The summed E-state index contributed by atoms with van der Waals surface area (Å²) in [5.41, 5.74) is 4.80. The first-order valence-electron chi connectivity index (χ1n) is 6.52. The molecule has 0 saturated heterocycles. The van der Waals surface area contributed by atoms with Gasteiger partial charge in [0.1, 0.15) is 0 Å². The van der Waals surface area contributed by atoms with E-state index in [1.807, 2.05) is 30.3 Å². The van der Waals surface area contributed by atoms with Crippen LogP contribution in [0.1, 0.15) is 15.9 Å². The van der Waals surface area contributed by atoms with E-state index in [1.165, 1.54) is 7.11 Å². The van der Waals surface area contributed by atoms with Crippen molar-refractivity contribution in [2.75, 3.05) is 12.4 Å². The molecule has 5 nitrogen and oxygen atoms in total. The minimum Gasteiger partial charge on any atom is -0.465 e. The minimum atomic E-state index is -0.398. The summed E-state index contributed by atoms with van der Waals surface area (Å²) >= 11 is 5.14. The molecule has 0 spiro atoms. The van der Waals surface area contributed by atoms with Crippen LogP contribution in [0.4, 0.5) is 5.69 Å². The molecule has 0 heterocycles. The third kappa shape index (κ3) is 4.68. The maximum Gasteiger partial charge on any atom is 0.337 e. The van der Waals surface area contributed by atoms with Gasteiger partial charge in [-0.3, -0.25) is 5.43 Å². The number of hydrogen-bond donors (Lipinski definition) is 2. The van der Waals surface area contributed by atoms with Crippen molar-refractivity contribution < 1.29 is 9.53 Å². The van der Waals surface area contributed by atoms with Crippen molar-refractivity contribution >= 4 is 35.2 Å². The Morgan fingerprint density at radius 2 is 1.95 bits per heavy atom. The summed E-state index contributed by atoms with van der Waals surface area (Å²) in [5, 5.41) is 7.32. The van der Waals surface area contributed by atoms with Crippen molar-refractivity contribution in [1.29, 1.82) is 0 Å². The van der Waals surface area contributed by atoms with Gasteiger partial charge in [0.2, 0.25) is 0 Å². The highest BCUT2D eigenvalue weighted by molar-refractivity contribution is 7.80. The van der Waals surface area contributed by atoms with E-state index in [1.54, 1.807) is 30.5 Å². The summed E-state index contributed by atoms with van der Waals surface area (Å²) in [4.78, 5) is 11.5. The maximum absolute atomic E-state index is 11.5. The molecule has 0 bridgehead atoms. The zero-order valence-electron chi connectivity index (χ0n) is 11.9. The molecule has 0 amide bonds. The average molecular weight is 313 g/mol. The Morgan fingerprint density at radius 3 is 2.68 bits per heavy atom. The Hall–Kier alpha value is -2.73. The molecule has 2 aromatic carbocycles. The number of nitrogens with zero attached hydrogens (tertiary/aromatic N) is 1. The molecule has 2 N–H and O–H groups in total. The van der Waals surface area contributed by atoms with Crippen molar-refractivity contribution in [3.8, 4) is 0 Å². The first-order valence-corrected chi connectivity index (χ1v) is 6.93. The molecular formula is C16H15N3O2S. The highest BCUT2D eigenvalue weighted by Crippen LogP contribution is 2.11. The second-order valence-corrected chi connectivity index (χ2v) is 4.72. The van der Waals surface area contributed by atoms with Gasteiger partial charge in [-0.15, -0.1) is 0 Å². The van der Waals surface area contributed by atoms with Crippen molar-refractivity contribution in [1.82, 2.24) is 5.43 Å². The topological polar surface area (TPSA) is 62.7 Å². The fraction of sp³-hybridized carbons (Fsp3) is 0.0625. The molecule has 0 fully saturated rings. The van der Waals surface area contributed by atoms with Crippen LogP contribution in [0.3, 0.4) is 0 Å². The van der Waals surface area contributed by atoms with Gasteiger partial charge < -0.3 is 10.1 Å². The molecule has 0 aliphatic heterocycles. The average Bonchev–Trinajstić information content (AvgIpc) is 2.55. The highest BCUT2D eigenvalue weighted by Gasteiger charge is 2.05. The number of rotatable bonds is 4. The van der Waals surface area contributed by atoms with Crippen LogP contribution in [-0.4, -0.2) is 24.4 Å². The molecule has 0 atom stereocenters. The summed E-state index contributed by atoms with van der Waals surface area (Å²) in [6.07, 6.45) is 1.67. The first kappa shape index (κ1) is 15.7. The highest BCUT2D eigenvalue weighted by atomic mass is 32.1. The lowest BCUT2D eigenvalue weighted by Gasteiger charge is -2.08. The van der Waals surface area contributed by atoms with Gasteiger partial charge in [-0.25, -0.2) is 4.79 Å². The zero-order valence-corrected chi connectivity index (χ0v) is 12.8. The Bertz CT molecular complexity index is 687. The number of ether oxygens (including phenoxy) is 1. The Kier molecular flexibility index (Phi) is 5.62. The molecule has 0 aliphatic carbocycles. The van der Waals surface area contributed by atoms with Crippen LogP contribution < -0.4 is 10.7 Å². The summed E-state index contributed by atoms with van der Waals surface area (Å²) in [6.45, 7) is 0. The summed E-state index contributed by atoms with van der Waals surface area (Å²) in [7, 11) is 1.34. The summed E-state index contributed by atoms with van der Waals surface area (Å²) < 4.78 is 4.67. The number of esters is 1. The predicted molar refractivity (Wildman–Crippen MR) is 91.2 cm³/mol. The van der Waals surface area contributed by atoms with E-state index < -0.39 is 5.97 Å². The minimum absolute atomic E-state index is 0.328. The summed E-state index contributed by atoms with van der Waals surface area (Å²) in [6, 6.07) is 16.5. The van der Waals surface area contributed by atoms with Crippen LogP contribution in [0.5, 0.6) is 0 Å². The van der Waals surface area contributed by atoms with E-state index >= 15 is 0 Å². The molecule has 2 aromatic rings. The van der Waals surface area contributed by atoms with E-state index in [2.05, 4.69) is 20.6 Å². The van der Waals surface area contributed by atoms with Gasteiger partial charge in [-0.2, -0.15) is 5.10 Å². The van der Waals surface area contributed by atoms with Crippen LogP contribution in [0.15, 0.2) is 59.7 Å². The standard InChI is InChI=1S/C16H15N3O2S/c1-21-15(20)13-8-5-9-14(10-13)18-16(22)19-17-11-12-6-3-2-4-7-12/h2-11H,1H3,(H2,18,19,22)/b17-11+. The van der Waals surface area contributed by atoms with Gasteiger partial charge in [0.05, 0.1) is 18.9 Å². The molecule has 0 radical (unpaired) electrons. The SMILES string of the molecule is COC(=O)c1cccc(NC(=S)N/N=C/c2ccccc2)c1. The van der Waals surface area contributed by atoms with E-state index in [9.17, 15) is 4.79 Å². The van der Waals surface area contributed by atoms with Crippen LogP contribution >= 0.6 is 12.2 Å².